The Balaban J connectivity index is 2.35. The van der Waals surface area contributed by atoms with Crippen molar-refractivity contribution in [1.82, 2.24) is 0 Å². The predicted octanol–water partition coefficient (Wildman–Crippen LogP) is 3.60. The monoisotopic (exact) mass is 366 g/mol. The Morgan fingerprint density at radius 2 is 1.79 bits per heavy atom. The standard InChI is InChI=1S/C17H19ClN2O3S/c1-11-5-6-12(2)15(9-11)19-17(21)13-7-8-14(18)16(10-13)20(3)24(4,22)23/h5-10H,1-4H3,(H,19,21). The summed E-state index contributed by atoms with van der Waals surface area (Å²) in [4.78, 5) is 12.5. The lowest BCUT2D eigenvalue weighted by atomic mass is 10.1. The van der Waals surface area contributed by atoms with E-state index in [0.717, 1.165) is 21.7 Å². The number of hydrogen-bond acceptors (Lipinski definition) is 3. The summed E-state index contributed by atoms with van der Waals surface area (Å²) in [5.41, 5.74) is 3.27. The van der Waals surface area contributed by atoms with E-state index in [0.29, 0.717) is 11.3 Å². The highest BCUT2D eigenvalue weighted by Gasteiger charge is 2.18. The molecular formula is C17H19ClN2O3S. The Kier molecular flexibility index (Phi) is 5.20. The van der Waals surface area contributed by atoms with Gasteiger partial charge in [-0.3, -0.25) is 9.10 Å². The second-order valence-corrected chi connectivity index (χ2v) is 8.09. The third-order valence-corrected chi connectivity index (χ3v) is 5.20. The van der Waals surface area contributed by atoms with E-state index in [1.165, 1.54) is 19.2 Å². The molecule has 24 heavy (non-hydrogen) atoms. The molecule has 5 nitrogen and oxygen atoms in total. The maximum Gasteiger partial charge on any atom is 0.255 e. The summed E-state index contributed by atoms with van der Waals surface area (Å²) in [5.74, 6) is -0.330. The molecule has 0 radical (unpaired) electrons. The number of hydrogen-bond donors (Lipinski definition) is 1. The quantitative estimate of drug-likeness (QED) is 0.898. The van der Waals surface area contributed by atoms with E-state index in [2.05, 4.69) is 5.32 Å². The van der Waals surface area contributed by atoms with Gasteiger partial charge in [-0.1, -0.05) is 23.7 Å². The van der Waals surface area contributed by atoms with Crippen molar-refractivity contribution in [2.45, 2.75) is 13.8 Å². The van der Waals surface area contributed by atoms with E-state index in [1.807, 2.05) is 32.0 Å². The van der Waals surface area contributed by atoms with E-state index in [1.54, 1.807) is 6.07 Å². The molecule has 0 unspecified atom stereocenters. The van der Waals surface area contributed by atoms with E-state index in [4.69, 9.17) is 11.6 Å². The fourth-order valence-corrected chi connectivity index (χ4v) is 2.94. The summed E-state index contributed by atoms with van der Waals surface area (Å²) < 4.78 is 24.5. The van der Waals surface area contributed by atoms with Gasteiger partial charge in [-0.25, -0.2) is 8.42 Å². The molecule has 0 bridgehead atoms. The van der Waals surface area contributed by atoms with Crippen molar-refractivity contribution in [3.63, 3.8) is 0 Å². The molecule has 2 aromatic rings. The van der Waals surface area contributed by atoms with Crippen LogP contribution in [0, 0.1) is 13.8 Å². The lowest BCUT2D eigenvalue weighted by Gasteiger charge is -2.19. The Hall–Kier alpha value is -2.05. The Morgan fingerprint density at radius 3 is 2.42 bits per heavy atom. The Bertz CT molecular complexity index is 895. The molecule has 0 aliphatic rings. The maximum atomic E-state index is 12.5. The van der Waals surface area contributed by atoms with Crippen LogP contribution < -0.4 is 9.62 Å². The van der Waals surface area contributed by atoms with Crippen molar-refractivity contribution in [3.8, 4) is 0 Å². The molecule has 0 aliphatic heterocycles. The van der Waals surface area contributed by atoms with Crippen LogP contribution in [0.4, 0.5) is 11.4 Å². The summed E-state index contributed by atoms with van der Waals surface area (Å²) >= 11 is 6.07. The van der Waals surface area contributed by atoms with Crippen molar-refractivity contribution in [3.05, 3.63) is 58.1 Å². The van der Waals surface area contributed by atoms with Gasteiger partial charge in [0, 0.05) is 18.3 Å². The van der Waals surface area contributed by atoms with Crippen LogP contribution in [0.5, 0.6) is 0 Å². The van der Waals surface area contributed by atoms with Crippen LogP contribution in [-0.4, -0.2) is 27.6 Å². The van der Waals surface area contributed by atoms with Crippen LogP contribution in [0.3, 0.4) is 0 Å². The average Bonchev–Trinajstić information content (AvgIpc) is 2.49. The number of aryl methyl sites for hydroxylation is 2. The summed E-state index contributed by atoms with van der Waals surface area (Å²) in [6.45, 7) is 3.84. The minimum Gasteiger partial charge on any atom is -0.322 e. The largest absolute Gasteiger partial charge is 0.322 e. The van der Waals surface area contributed by atoms with Crippen LogP contribution >= 0.6 is 11.6 Å². The zero-order valence-electron chi connectivity index (χ0n) is 13.9. The molecule has 0 saturated carbocycles. The minimum atomic E-state index is -3.47. The van der Waals surface area contributed by atoms with Crippen LogP contribution in [0.15, 0.2) is 36.4 Å². The topological polar surface area (TPSA) is 66.5 Å². The van der Waals surface area contributed by atoms with E-state index >= 15 is 0 Å². The number of carbonyl (C=O) groups is 1. The molecule has 2 aromatic carbocycles. The van der Waals surface area contributed by atoms with Crippen molar-refractivity contribution in [1.29, 1.82) is 0 Å². The summed E-state index contributed by atoms with van der Waals surface area (Å²) in [6, 6.07) is 10.3. The van der Waals surface area contributed by atoms with Crippen molar-refractivity contribution >= 4 is 38.9 Å². The van der Waals surface area contributed by atoms with E-state index in [9.17, 15) is 13.2 Å². The number of nitrogens with zero attached hydrogens (tertiary/aromatic N) is 1. The number of rotatable bonds is 4. The normalized spacial score (nSPS) is 11.2. The molecule has 1 amide bonds. The fourth-order valence-electron chi connectivity index (χ4n) is 2.14. The van der Waals surface area contributed by atoms with Crippen molar-refractivity contribution in [2.24, 2.45) is 0 Å². The van der Waals surface area contributed by atoms with Crippen LogP contribution in [-0.2, 0) is 10.0 Å². The number of benzene rings is 2. The van der Waals surface area contributed by atoms with E-state index in [-0.39, 0.29) is 16.6 Å². The highest BCUT2D eigenvalue weighted by Crippen LogP contribution is 2.28. The van der Waals surface area contributed by atoms with Crippen LogP contribution in [0.2, 0.25) is 5.02 Å². The third kappa shape index (κ3) is 4.07. The smallest absolute Gasteiger partial charge is 0.255 e. The molecule has 0 aromatic heterocycles. The van der Waals surface area contributed by atoms with E-state index < -0.39 is 10.0 Å². The number of anilines is 2. The first kappa shape index (κ1) is 18.3. The first-order valence-corrected chi connectivity index (χ1v) is 9.44. The number of amides is 1. The number of nitrogens with one attached hydrogen (secondary N) is 1. The van der Waals surface area contributed by atoms with Gasteiger partial charge in [0.15, 0.2) is 0 Å². The van der Waals surface area contributed by atoms with Crippen molar-refractivity contribution < 1.29 is 13.2 Å². The zero-order chi connectivity index (χ0) is 18.1. The van der Waals surface area contributed by atoms with Crippen molar-refractivity contribution in [2.75, 3.05) is 22.9 Å². The molecule has 0 heterocycles. The zero-order valence-corrected chi connectivity index (χ0v) is 15.5. The summed E-state index contributed by atoms with van der Waals surface area (Å²) in [5, 5.41) is 3.10. The Labute approximate surface area is 147 Å². The second-order valence-electron chi connectivity index (χ2n) is 5.67. The molecule has 7 heteroatoms. The van der Waals surface area contributed by atoms with Crippen LogP contribution in [0.1, 0.15) is 21.5 Å². The molecule has 0 saturated heterocycles. The molecule has 128 valence electrons. The SMILES string of the molecule is Cc1ccc(C)c(NC(=O)c2ccc(Cl)c(N(C)S(C)(=O)=O)c2)c1. The van der Waals surface area contributed by atoms with Crippen LogP contribution in [0.25, 0.3) is 0 Å². The summed E-state index contributed by atoms with van der Waals surface area (Å²) in [7, 11) is -2.08. The third-order valence-electron chi connectivity index (χ3n) is 3.69. The first-order chi connectivity index (χ1) is 11.1. The molecule has 2 rings (SSSR count). The van der Waals surface area contributed by atoms with Gasteiger partial charge in [-0.05, 0) is 49.2 Å². The first-order valence-electron chi connectivity index (χ1n) is 7.21. The molecule has 0 spiro atoms. The number of halogens is 1. The highest BCUT2D eigenvalue weighted by atomic mass is 35.5. The van der Waals surface area contributed by atoms with Gasteiger partial charge < -0.3 is 5.32 Å². The summed E-state index contributed by atoms with van der Waals surface area (Å²) in [6.07, 6.45) is 1.08. The minimum absolute atomic E-state index is 0.256. The molecule has 0 atom stereocenters. The fraction of sp³-hybridized carbons (Fsp3) is 0.235. The lowest BCUT2D eigenvalue weighted by molar-refractivity contribution is 0.102. The number of sulfonamides is 1. The van der Waals surface area contributed by atoms with Gasteiger partial charge in [0.05, 0.1) is 17.0 Å². The predicted molar refractivity (Wildman–Crippen MR) is 98.6 cm³/mol. The molecule has 0 aliphatic carbocycles. The van der Waals surface area contributed by atoms with Gasteiger partial charge in [0.1, 0.15) is 0 Å². The molecular weight excluding hydrogens is 348 g/mol. The van der Waals surface area contributed by atoms with Gasteiger partial charge in [-0.2, -0.15) is 0 Å². The van der Waals surface area contributed by atoms with Gasteiger partial charge >= 0.3 is 0 Å². The number of carbonyl (C=O) groups excluding carboxylic acids is 1. The maximum absolute atomic E-state index is 12.5. The van der Waals surface area contributed by atoms with Gasteiger partial charge in [0.2, 0.25) is 10.0 Å². The average molecular weight is 367 g/mol. The van der Waals surface area contributed by atoms with Gasteiger partial charge in [-0.15, -0.1) is 0 Å². The molecule has 1 N–H and O–H groups in total. The molecule has 0 fully saturated rings. The van der Waals surface area contributed by atoms with Gasteiger partial charge in [0.25, 0.3) is 5.91 Å². The highest BCUT2D eigenvalue weighted by molar-refractivity contribution is 7.92. The second kappa shape index (κ2) is 6.83. The Morgan fingerprint density at radius 1 is 1.12 bits per heavy atom. The lowest BCUT2D eigenvalue weighted by Crippen LogP contribution is -2.25.